The van der Waals surface area contributed by atoms with Crippen LogP contribution in [0.15, 0.2) is 21.2 Å². The van der Waals surface area contributed by atoms with E-state index in [-0.39, 0.29) is 6.10 Å². The van der Waals surface area contributed by atoms with E-state index in [0.29, 0.717) is 0 Å². The van der Waals surface area contributed by atoms with Gasteiger partial charge in [0, 0.05) is 6.42 Å². The first-order chi connectivity index (χ1) is 5.18. The second-order valence-corrected chi connectivity index (χ2v) is 3.38. The molecule has 1 atom stereocenters. The molecule has 0 radical (unpaired) electrons. The van der Waals surface area contributed by atoms with Gasteiger partial charge in [-0.3, -0.25) is 0 Å². The minimum absolute atomic E-state index is 0.251. The summed E-state index contributed by atoms with van der Waals surface area (Å²) in [5, 5.41) is 8.97. The van der Waals surface area contributed by atoms with Crippen molar-refractivity contribution in [3.05, 3.63) is 22.6 Å². The van der Waals surface area contributed by atoms with Gasteiger partial charge in [-0.05, 0) is 41.4 Å². The van der Waals surface area contributed by atoms with E-state index in [0.717, 1.165) is 23.3 Å². The molecule has 1 rings (SSSR count). The standard InChI is InChI=1S/C8H11BrO2/c1-6(10)2-3-7-4-5-8(9)11-7/h4-6,10H,2-3H2,1H3/t6-/m1/s1. The smallest absolute Gasteiger partial charge is 0.169 e. The van der Waals surface area contributed by atoms with Crippen molar-refractivity contribution in [2.24, 2.45) is 0 Å². The van der Waals surface area contributed by atoms with Gasteiger partial charge in [0.1, 0.15) is 5.76 Å². The van der Waals surface area contributed by atoms with Crippen LogP contribution in [0.5, 0.6) is 0 Å². The summed E-state index contributed by atoms with van der Waals surface area (Å²) < 4.78 is 5.99. The molecular formula is C8H11BrO2. The van der Waals surface area contributed by atoms with E-state index in [2.05, 4.69) is 15.9 Å². The molecule has 0 amide bonds. The summed E-state index contributed by atoms with van der Waals surface area (Å²) in [6.07, 6.45) is 1.29. The summed E-state index contributed by atoms with van der Waals surface area (Å²) in [6, 6.07) is 3.77. The van der Waals surface area contributed by atoms with Crippen LogP contribution in [0.3, 0.4) is 0 Å². The van der Waals surface area contributed by atoms with Gasteiger partial charge < -0.3 is 9.52 Å². The Hall–Kier alpha value is -0.280. The van der Waals surface area contributed by atoms with Crippen molar-refractivity contribution in [3.8, 4) is 0 Å². The molecule has 0 fully saturated rings. The Labute approximate surface area is 74.3 Å². The maximum absolute atomic E-state index is 8.97. The SMILES string of the molecule is C[C@@H](O)CCc1ccc(Br)o1. The number of halogens is 1. The molecule has 0 aromatic carbocycles. The van der Waals surface area contributed by atoms with Crippen LogP contribution in [0.1, 0.15) is 19.1 Å². The Morgan fingerprint density at radius 2 is 2.36 bits per heavy atom. The molecule has 0 saturated heterocycles. The topological polar surface area (TPSA) is 33.4 Å². The minimum atomic E-state index is -0.251. The van der Waals surface area contributed by atoms with Crippen LogP contribution in [0, 0.1) is 0 Å². The molecule has 0 bridgehead atoms. The van der Waals surface area contributed by atoms with Crippen molar-refractivity contribution >= 4 is 15.9 Å². The zero-order valence-corrected chi connectivity index (χ0v) is 7.97. The predicted molar refractivity (Wildman–Crippen MR) is 46.4 cm³/mol. The third-order valence-corrected chi connectivity index (χ3v) is 1.86. The van der Waals surface area contributed by atoms with Gasteiger partial charge in [-0.15, -0.1) is 0 Å². The number of aliphatic hydroxyl groups excluding tert-OH is 1. The normalized spacial score (nSPS) is 13.4. The Bertz CT molecular complexity index is 218. The Morgan fingerprint density at radius 1 is 1.64 bits per heavy atom. The van der Waals surface area contributed by atoms with Gasteiger partial charge in [0.05, 0.1) is 6.10 Å². The van der Waals surface area contributed by atoms with Crippen molar-refractivity contribution < 1.29 is 9.52 Å². The molecule has 0 aliphatic heterocycles. The monoisotopic (exact) mass is 218 g/mol. The van der Waals surface area contributed by atoms with Crippen LogP contribution < -0.4 is 0 Å². The Balaban J connectivity index is 2.39. The van der Waals surface area contributed by atoms with Gasteiger partial charge in [-0.2, -0.15) is 0 Å². The van der Waals surface area contributed by atoms with Crippen molar-refractivity contribution in [1.82, 2.24) is 0 Å². The molecule has 3 heteroatoms. The molecule has 2 nitrogen and oxygen atoms in total. The molecule has 1 aromatic heterocycles. The van der Waals surface area contributed by atoms with Crippen LogP contribution in [0.25, 0.3) is 0 Å². The number of rotatable bonds is 3. The van der Waals surface area contributed by atoms with Gasteiger partial charge in [0.2, 0.25) is 0 Å². The lowest BCUT2D eigenvalue weighted by molar-refractivity contribution is 0.182. The molecule has 1 N–H and O–H groups in total. The maximum atomic E-state index is 8.97. The molecule has 1 heterocycles. The second-order valence-electron chi connectivity index (χ2n) is 2.59. The van der Waals surface area contributed by atoms with E-state index in [1.165, 1.54) is 0 Å². The van der Waals surface area contributed by atoms with Gasteiger partial charge >= 0.3 is 0 Å². The summed E-state index contributed by atoms with van der Waals surface area (Å²) >= 11 is 3.21. The highest BCUT2D eigenvalue weighted by molar-refractivity contribution is 9.10. The summed E-state index contributed by atoms with van der Waals surface area (Å²) in [4.78, 5) is 0. The van der Waals surface area contributed by atoms with Crippen LogP contribution in [0.4, 0.5) is 0 Å². The molecule has 0 aliphatic rings. The Morgan fingerprint density at radius 3 is 2.82 bits per heavy atom. The Kier molecular flexibility index (Phi) is 3.15. The average Bonchev–Trinajstić information content (AvgIpc) is 2.31. The summed E-state index contributed by atoms with van der Waals surface area (Å²) in [7, 11) is 0. The van der Waals surface area contributed by atoms with Crippen molar-refractivity contribution in [3.63, 3.8) is 0 Å². The lowest BCUT2D eigenvalue weighted by Gasteiger charge is -1.99. The van der Waals surface area contributed by atoms with Crippen LogP contribution in [-0.4, -0.2) is 11.2 Å². The highest BCUT2D eigenvalue weighted by Crippen LogP contribution is 2.15. The van der Waals surface area contributed by atoms with Gasteiger partial charge in [-0.25, -0.2) is 0 Å². The molecular weight excluding hydrogens is 208 g/mol. The molecule has 0 saturated carbocycles. The lowest BCUT2D eigenvalue weighted by atomic mass is 10.2. The predicted octanol–water partition coefficient (Wildman–Crippen LogP) is 2.36. The zero-order valence-electron chi connectivity index (χ0n) is 6.38. The molecule has 62 valence electrons. The van der Waals surface area contributed by atoms with E-state index in [1.807, 2.05) is 12.1 Å². The minimum Gasteiger partial charge on any atom is -0.454 e. The number of hydrogen-bond donors (Lipinski definition) is 1. The number of furan rings is 1. The van der Waals surface area contributed by atoms with E-state index in [1.54, 1.807) is 6.92 Å². The first-order valence-corrected chi connectivity index (χ1v) is 4.40. The summed E-state index contributed by atoms with van der Waals surface area (Å²) in [5.41, 5.74) is 0. The fraction of sp³-hybridized carbons (Fsp3) is 0.500. The molecule has 0 unspecified atom stereocenters. The van der Waals surface area contributed by atoms with Crippen LogP contribution in [0.2, 0.25) is 0 Å². The summed E-state index contributed by atoms with van der Waals surface area (Å²) in [6.45, 7) is 1.78. The fourth-order valence-corrected chi connectivity index (χ4v) is 1.18. The van der Waals surface area contributed by atoms with Crippen LogP contribution >= 0.6 is 15.9 Å². The first kappa shape index (κ1) is 8.81. The van der Waals surface area contributed by atoms with Crippen molar-refractivity contribution in [2.75, 3.05) is 0 Å². The second kappa shape index (κ2) is 3.93. The number of aliphatic hydroxyl groups is 1. The third kappa shape index (κ3) is 3.08. The zero-order chi connectivity index (χ0) is 8.27. The van der Waals surface area contributed by atoms with Gasteiger partial charge in [0.15, 0.2) is 4.67 Å². The molecule has 1 aromatic rings. The van der Waals surface area contributed by atoms with Crippen LogP contribution in [-0.2, 0) is 6.42 Å². The average molecular weight is 219 g/mol. The largest absolute Gasteiger partial charge is 0.454 e. The van der Waals surface area contributed by atoms with E-state index in [9.17, 15) is 0 Å². The quantitative estimate of drug-likeness (QED) is 0.846. The molecule has 0 aliphatic carbocycles. The highest BCUT2D eigenvalue weighted by Gasteiger charge is 2.01. The van der Waals surface area contributed by atoms with Crippen molar-refractivity contribution in [2.45, 2.75) is 25.9 Å². The highest BCUT2D eigenvalue weighted by atomic mass is 79.9. The van der Waals surface area contributed by atoms with Gasteiger partial charge in [-0.1, -0.05) is 0 Å². The van der Waals surface area contributed by atoms with E-state index < -0.39 is 0 Å². The maximum Gasteiger partial charge on any atom is 0.169 e. The van der Waals surface area contributed by atoms with Gasteiger partial charge in [0.25, 0.3) is 0 Å². The molecule has 11 heavy (non-hydrogen) atoms. The molecule has 0 spiro atoms. The lowest BCUT2D eigenvalue weighted by Crippen LogP contribution is -2.00. The first-order valence-electron chi connectivity index (χ1n) is 3.61. The number of hydrogen-bond acceptors (Lipinski definition) is 2. The van der Waals surface area contributed by atoms with E-state index in [4.69, 9.17) is 9.52 Å². The number of aryl methyl sites for hydroxylation is 1. The third-order valence-electron chi connectivity index (χ3n) is 1.44. The fourth-order valence-electron chi connectivity index (χ4n) is 0.837. The van der Waals surface area contributed by atoms with Crippen molar-refractivity contribution in [1.29, 1.82) is 0 Å². The summed E-state index contributed by atoms with van der Waals surface area (Å²) in [5.74, 6) is 0.915. The van der Waals surface area contributed by atoms with E-state index >= 15 is 0 Å².